The van der Waals surface area contributed by atoms with Crippen molar-refractivity contribution in [2.24, 2.45) is 0 Å². The molecule has 4 rings (SSSR count). The third-order valence-electron chi connectivity index (χ3n) is 4.83. The molecule has 1 saturated carbocycles. The fraction of sp³-hybridized carbons (Fsp3) is 0.474. The Bertz CT molecular complexity index is 701. The lowest BCUT2D eigenvalue weighted by Crippen LogP contribution is -2.41. The number of benzene rings is 1. The Balaban J connectivity index is 1.38. The van der Waals surface area contributed by atoms with Gasteiger partial charge < -0.3 is 5.32 Å². The number of likely N-dealkylation sites (tertiary alicyclic amines) is 1. The van der Waals surface area contributed by atoms with Crippen LogP contribution in [0.1, 0.15) is 43.0 Å². The molecule has 0 radical (unpaired) electrons. The number of hydrogen-bond acceptors (Lipinski definition) is 4. The number of rotatable bonds is 5. The number of halogens is 1. The van der Waals surface area contributed by atoms with Crippen LogP contribution in [-0.4, -0.2) is 34.0 Å². The summed E-state index contributed by atoms with van der Waals surface area (Å²) < 4.78 is 13.9. The highest BCUT2D eigenvalue weighted by molar-refractivity contribution is 5.35. The van der Waals surface area contributed by atoms with Gasteiger partial charge in [0.25, 0.3) is 0 Å². The summed E-state index contributed by atoms with van der Waals surface area (Å²) in [6.45, 7) is 2.60. The van der Waals surface area contributed by atoms with Gasteiger partial charge in [-0.1, -0.05) is 18.2 Å². The van der Waals surface area contributed by atoms with Crippen LogP contribution in [0, 0.1) is 5.82 Å². The SMILES string of the molecule is Fc1ccccc1CN1CCCC(Nc2ccnc(C3CC3)n2)C1. The highest BCUT2D eigenvalue weighted by atomic mass is 19.1. The molecule has 126 valence electrons. The molecule has 1 aromatic carbocycles. The molecular weight excluding hydrogens is 303 g/mol. The van der Waals surface area contributed by atoms with Crippen molar-refractivity contribution >= 4 is 5.82 Å². The van der Waals surface area contributed by atoms with Crippen LogP contribution in [0.4, 0.5) is 10.2 Å². The predicted octanol–water partition coefficient (Wildman–Crippen LogP) is 3.57. The van der Waals surface area contributed by atoms with Crippen LogP contribution in [-0.2, 0) is 6.54 Å². The monoisotopic (exact) mass is 326 g/mol. The van der Waals surface area contributed by atoms with Crippen molar-refractivity contribution in [1.82, 2.24) is 14.9 Å². The summed E-state index contributed by atoms with van der Waals surface area (Å²) in [6, 6.07) is 9.35. The lowest BCUT2D eigenvalue weighted by molar-refractivity contribution is 0.206. The summed E-state index contributed by atoms with van der Waals surface area (Å²) in [5.41, 5.74) is 0.774. The first-order valence-electron chi connectivity index (χ1n) is 8.83. The molecule has 24 heavy (non-hydrogen) atoms. The zero-order valence-corrected chi connectivity index (χ0v) is 13.8. The number of hydrogen-bond donors (Lipinski definition) is 1. The Morgan fingerprint density at radius 3 is 2.88 bits per heavy atom. The van der Waals surface area contributed by atoms with Gasteiger partial charge in [-0.25, -0.2) is 14.4 Å². The van der Waals surface area contributed by atoms with Gasteiger partial charge in [0.1, 0.15) is 17.5 Å². The topological polar surface area (TPSA) is 41.0 Å². The van der Waals surface area contributed by atoms with E-state index in [-0.39, 0.29) is 5.82 Å². The third-order valence-corrected chi connectivity index (χ3v) is 4.83. The highest BCUT2D eigenvalue weighted by Crippen LogP contribution is 2.38. The molecular formula is C19H23FN4. The number of nitrogens with one attached hydrogen (secondary N) is 1. The molecule has 2 heterocycles. The minimum absolute atomic E-state index is 0.113. The molecule has 2 aromatic rings. The van der Waals surface area contributed by atoms with E-state index in [0.29, 0.717) is 18.5 Å². The van der Waals surface area contributed by atoms with Gasteiger partial charge in [0.2, 0.25) is 0 Å². The second-order valence-corrected chi connectivity index (χ2v) is 6.88. The Labute approximate surface area is 142 Å². The summed E-state index contributed by atoms with van der Waals surface area (Å²) in [4.78, 5) is 11.3. The third kappa shape index (κ3) is 3.73. The minimum atomic E-state index is -0.113. The van der Waals surface area contributed by atoms with Crippen LogP contribution in [0.5, 0.6) is 0 Å². The van der Waals surface area contributed by atoms with E-state index in [0.717, 1.165) is 43.1 Å². The van der Waals surface area contributed by atoms with E-state index < -0.39 is 0 Å². The normalized spacial score (nSPS) is 21.6. The molecule has 1 atom stereocenters. The molecule has 1 N–H and O–H groups in total. The van der Waals surface area contributed by atoms with E-state index in [4.69, 9.17) is 0 Å². The van der Waals surface area contributed by atoms with Crippen molar-refractivity contribution < 1.29 is 4.39 Å². The number of aromatic nitrogens is 2. The standard InChI is InChI=1S/C19H23FN4/c20-17-6-2-1-4-15(17)12-24-11-3-5-16(13-24)22-18-9-10-21-19(23-18)14-7-8-14/h1-2,4,6,9-10,14,16H,3,5,7-8,11-13H2,(H,21,22,23). The van der Waals surface area contributed by atoms with E-state index in [1.165, 1.54) is 18.9 Å². The maximum Gasteiger partial charge on any atom is 0.133 e. The zero-order valence-electron chi connectivity index (χ0n) is 13.8. The largest absolute Gasteiger partial charge is 0.366 e. The smallest absolute Gasteiger partial charge is 0.133 e. The van der Waals surface area contributed by atoms with Crippen LogP contribution in [0.15, 0.2) is 36.5 Å². The average molecular weight is 326 g/mol. The van der Waals surface area contributed by atoms with E-state index in [1.54, 1.807) is 6.07 Å². The molecule has 0 spiro atoms. The average Bonchev–Trinajstić information content (AvgIpc) is 3.43. The number of piperidine rings is 1. The molecule has 1 saturated heterocycles. The lowest BCUT2D eigenvalue weighted by Gasteiger charge is -2.33. The molecule has 4 nitrogen and oxygen atoms in total. The van der Waals surface area contributed by atoms with Crippen LogP contribution in [0.3, 0.4) is 0 Å². The van der Waals surface area contributed by atoms with E-state index in [9.17, 15) is 4.39 Å². The fourth-order valence-electron chi connectivity index (χ4n) is 3.39. The van der Waals surface area contributed by atoms with Gasteiger partial charge in [-0.2, -0.15) is 0 Å². The summed E-state index contributed by atoms with van der Waals surface area (Å²) >= 11 is 0. The molecule has 1 aliphatic heterocycles. The maximum atomic E-state index is 13.9. The summed E-state index contributed by atoms with van der Waals surface area (Å²) in [5.74, 6) is 2.34. The van der Waals surface area contributed by atoms with Crippen LogP contribution in [0.25, 0.3) is 0 Å². The number of nitrogens with zero attached hydrogens (tertiary/aromatic N) is 3. The van der Waals surface area contributed by atoms with Gasteiger partial charge >= 0.3 is 0 Å². The van der Waals surface area contributed by atoms with Crippen molar-refractivity contribution in [1.29, 1.82) is 0 Å². The number of anilines is 1. The van der Waals surface area contributed by atoms with Crippen LogP contribution in [0.2, 0.25) is 0 Å². The van der Waals surface area contributed by atoms with Gasteiger partial charge in [-0.15, -0.1) is 0 Å². The van der Waals surface area contributed by atoms with E-state index in [1.807, 2.05) is 24.4 Å². The molecule has 0 bridgehead atoms. The van der Waals surface area contributed by atoms with E-state index >= 15 is 0 Å². The van der Waals surface area contributed by atoms with Crippen molar-refractivity contribution in [3.63, 3.8) is 0 Å². The van der Waals surface area contributed by atoms with Gasteiger partial charge in [0, 0.05) is 36.8 Å². The summed E-state index contributed by atoms with van der Waals surface area (Å²) in [7, 11) is 0. The molecule has 1 aromatic heterocycles. The second-order valence-electron chi connectivity index (χ2n) is 6.88. The molecule has 2 fully saturated rings. The van der Waals surface area contributed by atoms with Crippen molar-refractivity contribution in [3.05, 3.63) is 53.7 Å². The second kappa shape index (κ2) is 6.85. The molecule has 2 aliphatic rings. The van der Waals surface area contributed by atoms with Gasteiger partial charge in [0.05, 0.1) is 0 Å². The molecule has 1 aliphatic carbocycles. The Morgan fingerprint density at radius 1 is 1.17 bits per heavy atom. The van der Waals surface area contributed by atoms with Gasteiger partial charge in [-0.3, -0.25) is 4.90 Å². The maximum absolute atomic E-state index is 13.9. The lowest BCUT2D eigenvalue weighted by atomic mass is 10.0. The summed E-state index contributed by atoms with van der Waals surface area (Å²) in [5, 5.41) is 3.55. The van der Waals surface area contributed by atoms with Crippen molar-refractivity contribution in [2.75, 3.05) is 18.4 Å². The van der Waals surface area contributed by atoms with Gasteiger partial charge in [-0.05, 0) is 44.4 Å². The van der Waals surface area contributed by atoms with Crippen molar-refractivity contribution in [2.45, 2.75) is 44.2 Å². The first kappa shape index (κ1) is 15.5. The Hall–Kier alpha value is -2.01. The molecule has 1 unspecified atom stereocenters. The first-order valence-corrected chi connectivity index (χ1v) is 8.83. The first-order chi connectivity index (χ1) is 11.8. The zero-order chi connectivity index (χ0) is 16.4. The van der Waals surface area contributed by atoms with Gasteiger partial charge in [0.15, 0.2) is 0 Å². The minimum Gasteiger partial charge on any atom is -0.366 e. The predicted molar refractivity (Wildman–Crippen MR) is 92.3 cm³/mol. The quantitative estimate of drug-likeness (QED) is 0.912. The highest BCUT2D eigenvalue weighted by Gasteiger charge is 2.27. The Kier molecular flexibility index (Phi) is 4.43. The fourth-order valence-corrected chi connectivity index (χ4v) is 3.39. The summed E-state index contributed by atoms with van der Waals surface area (Å²) in [6.07, 6.45) is 6.51. The molecule has 5 heteroatoms. The van der Waals surface area contributed by atoms with E-state index in [2.05, 4.69) is 20.2 Å². The molecule has 0 amide bonds. The van der Waals surface area contributed by atoms with Crippen LogP contribution >= 0.6 is 0 Å². The van der Waals surface area contributed by atoms with Crippen LogP contribution < -0.4 is 5.32 Å². The Morgan fingerprint density at radius 2 is 2.04 bits per heavy atom. The van der Waals surface area contributed by atoms with Crippen molar-refractivity contribution in [3.8, 4) is 0 Å².